The number of rotatable bonds is 5. The molecular formula is C16H13ClFN3O3. The average Bonchev–Trinajstić information content (AvgIpc) is 2.98. The molecule has 3 aromatic rings. The summed E-state index contributed by atoms with van der Waals surface area (Å²) in [4.78, 5) is 18.8. The van der Waals surface area contributed by atoms with Gasteiger partial charge in [-0.1, -0.05) is 11.6 Å². The van der Waals surface area contributed by atoms with Crippen molar-refractivity contribution in [3.05, 3.63) is 58.6 Å². The molecule has 2 aromatic carbocycles. The van der Waals surface area contributed by atoms with Crippen LogP contribution >= 0.6 is 11.6 Å². The number of hydrogen-bond acceptors (Lipinski definition) is 4. The number of H-pyrrole nitrogens is 1. The lowest BCUT2D eigenvalue weighted by atomic mass is 10.2. The van der Waals surface area contributed by atoms with Crippen LogP contribution in [0.25, 0.3) is 11.0 Å². The molecule has 0 spiro atoms. The summed E-state index contributed by atoms with van der Waals surface area (Å²) in [5, 5.41) is 8.95. The first-order valence-electron chi connectivity index (χ1n) is 7.08. The van der Waals surface area contributed by atoms with Crippen LogP contribution in [0.4, 0.5) is 4.39 Å². The molecule has 0 saturated carbocycles. The second kappa shape index (κ2) is 6.86. The predicted molar refractivity (Wildman–Crippen MR) is 86.0 cm³/mol. The summed E-state index contributed by atoms with van der Waals surface area (Å²) >= 11 is 5.68. The molecule has 0 aliphatic heterocycles. The Morgan fingerprint density at radius 1 is 1.33 bits per heavy atom. The van der Waals surface area contributed by atoms with Crippen LogP contribution in [0.1, 0.15) is 16.2 Å². The number of hydrogen-bond donors (Lipinski definition) is 3. The molecule has 1 heterocycles. The van der Waals surface area contributed by atoms with Gasteiger partial charge in [0.2, 0.25) is 0 Å². The number of benzene rings is 2. The Hall–Kier alpha value is -2.64. The zero-order valence-electron chi connectivity index (χ0n) is 12.3. The van der Waals surface area contributed by atoms with Gasteiger partial charge >= 0.3 is 0 Å². The van der Waals surface area contributed by atoms with Crippen LogP contribution in [0.3, 0.4) is 0 Å². The SMILES string of the molecule is O=C(NO)c1ccc2nc(CCOc3ccc(Cl)cc3F)[nH]c2c1. The largest absolute Gasteiger partial charge is 0.490 e. The van der Waals surface area contributed by atoms with Crippen molar-refractivity contribution in [3.8, 4) is 5.75 Å². The third kappa shape index (κ3) is 3.47. The van der Waals surface area contributed by atoms with Gasteiger partial charge in [-0.2, -0.15) is 0 Å². The van der Waals surface area contributed by atoms with Gasteiger partial charge in [0.05, 0.1) is 17.6 Å². The number of carbonyl (C=O) groups is 1. The number of hydroxylamine groups is 1. The molecule has 0 aliphatic rings. The van der Waals surface area contributed by atoms with Gasteiger partial charge in [0.1, 0.15) is 5.82 Å². The van der Waals surface area contributed by atoms with Gasteiger partial charge < -0.3 is 9.72 Å². The van der Waals surface area contributed by atoms with E-state index < -0.39 is 11.7 Å². The molecule has 24 heavy (non-hydrogen) atoms. The van der Waals surface area contributed by atoms with Crippen molar-refractivity contribution in [2.24, 2.45) is 0 Å². The molecule has 1 aromatic heterocycles. The Morgan fingerprint density at radius 3 is 2.92 bits per heavy atom. The molecule has 0 atom stereocenters. The van der Waals surface area contributed by atoms with E-state index in [-0.39, 0.29) is 12.4 Å². The van der Waals surface area contributed by atoms with Gasteiger partial charge in [0.15, 0.2) is 11.6 Å². The van der Waals surface area contributed by atoms with Gasteiger partial charge in [-0.05, 0) is 36.4 Å². The second-order valence-electron chi connectivity index (χ2n) is 5.03. The van der Waals surface area contributed by atoms with Crippen LogP contribution in [-0.2, 0) is 6.42 Å². The van der Waals surface area contributed by atoms with E-state index in [1.165, 1.54) is 12.1 Å². The lowest BCUT2D eigenvalue weighted by molar-refractivity contribution is 0.0706. The molecule has 124 valence electrons. The normalized spacial score (nSPS) is 10.8. The van der Waals surface area contributed by atoms with Gasteiger partial charge in [-0.25, -0.2) is 14.9 Å². The number of nitrogens with one attached hydrogen (secondary N) is 2. The minimum Gasteiger partial charge on any atom is -0.490 e. The highest BCUT2D eigenvalue weighted by Crippen LogP contribution is 2.21. The Morgan fingerprint density at radius 2 is 2.17 bits per heavy atom. The second-order valence-corrected chi connectivity index (χ2v) is 5.47. The van der Waals surface area contributed by atoms with Gasteiger partial charge in [-0.3, -0.25) is 10.0 Å². The summed E-state index contributed by atoms with van der Waals surface area (Å²) in [6, 6.07) is 9.01. The summed E-state index contributed by atoms with van der Waals surface area (Å²) in [5.41, 5.74) is 3.22. The maximum absolute atomic E-state index is 13.6. The quantitative estimate of drug-likeness (QED) is 0.488. The number of amides is 1. The fourth-order valence-corrected chi connectivity index (χ4v) is 2.40. The van der Waals surface area contributed by atoms with Crippen molar-refractivity contribution in [3.63, 3.8) is 0 Å². The van der Waals surface area contributed by atoms with Crippen molar-refractivity contribution >= 4 is 28.5 Å². The van der Waals surface area contributed by atoms with E-state index in [1.54, 1.807) is 29.7 Å². The molecule has 0 radical (unpaired) electrons. The highest BCUT2D eigenvalue weighted by atomic mass is 35.5. The summed E-state index contributed by atoms with van der Waals surface area (Å²) in [6.45, 7) is 0.225. The number of halogens is 2. The summed E-state index contributed by atoms with van der Waals surface area (Å²) in [7, 11) is 0. The highest BCUT2D eigenvalue weighted by molar-refractivity contribution is 6.30. The molecule has 3 rings (SSSR count). The molecule has 0 unspecified atom stereocenters. The Balaban J connectivity index is 1.68. The van der Waals surface area contributed by atoms with E-state index in [9.17, 15) is 9.18 Å². The monoisotopic (exact) mass is 349 g/mol. The summed E-state index contributed by atoms with van der Waals surface area (Å²) in [6.07, 6.45) is 0.429. The number of nitrogens with zero attached hydrogens (tertiary/aromatic N) is 1. The van der Waals surface area contributed by atoms with E-state index in [4.69, 9.17) is 21.5 Å². The third-order valence-corrected chi connectivity index (χ3v) is 3.62. The predicted octanol–water partition coefficient (Wildman–Crippen LogP) is 3.10. The first kappa shape index (κ1) is 16.2. The third-order valence-electron chi connectivity index (χ3n) is 3.39. The van der Waals surface area contributed by atoms with Crippen LogP contribution < -0.4 is 10.2 Å². The number of aromatic nitrogens is 2. The summed E-state index contributed by atoms with van der Waals surface area (Å²) in [5.74, 6) is -0.361. The summed E-state index contributed by atoms with van der Waals surface area (Å²) < 4.78 is 19.0. The van der Waals surface area contributed by atoms with Gasteiger partial charge in [0.25, 0.3) is 5.91 Å². The van der Waals surface area contributed by atoms with E-state index in [1.807, 2.05) is 0 Å². The zero-order valence-corrected chi connectivity index (χ0v) is 13.1. The molecular weight excluding hydrogens is 337 g/mol. The van der Waals surface area contributed by atoms with Crippen molar-refractivity contribution < 1.29 is 19.1 Å². The van der Waals surface area contributed by atoms with Crippen molar-refractivity contribution in [2.45, 2.75) is 6.42 Å². The fourth-order valence-electron chi connectivity index (χ4n) is 2.24. The number of fused-ring (bicyclic) bond motifs is 1. The number of aromatic amines is 1. The number of imidazole rings is 1. The molecule has 0 saturated heterocycles. The van der Waals surface area contributed by atoms with Crippen molar-refractivity contribution in [1.82, 2.24) is 15.4 Å². The van der Waals surface area contributed by atoms with Crippen molar-refractivity contribution in [2.75, 3.05) is 6.61 Å². The topological polar surface area (TPSA) is 87.2 Å². The molecule has 0 fully saturated rings. The van der Waals surface area contributed by atoms with Crippen LogP contribution in [0.5, 0.6) is 5.75 Å². The molecule has 0 aliphatic carbocycles. The maximum atomic E-state index is 13.6. The lowest BCUT2D eigenvalue weighted by Gasteiger charge is -2.06. The Kier molecular flexibility index (Phi) is 4.64. The zero-order chi connectivity index (χ0) is 17.1. The van der Waals surface area contributed by atoms with E-state index in [0.717, 1.165) is 0 Å². The first-order valence-corrected chi connectivity index (χ1v) is 7.45. The first-order chi connectivity index (χ1) is 11.6. The highest BCUT2D eigenvalue weighted by Gasteiger charge is 2.09. The molecule has 1 amide bonds. The molecule has 6 nitrogen and oxygen atoms in total. The molecule has 0 bridgehead atoms. The fraction of sp³-hybridized carbons (Fsp3) is 0.125. The Labute approximate surface area is 141 Å². The average molecular weight is 350 g/mol. The van der Waals surface area contributed by atoms with E-state index in [0.29, 0.717) is 33.9 Å². The van der Waals surface area contributed by atoms with Crippen LogP contribution in [0.15, 0.2) is 36.4 Å². The standard InChI is InChI=1S/C16H13ClFN3O3/c17-10-2-4-14(11(18)8-10)24-6-5-15-19-12-3-1-9(16(22)21-23)7-13(12)20-15/h1-4,7-8,23H,5-6H2,(H,19,20)(H,21,22). The number of ether oxygens (including phenoxy) is 1. The Bertz CT molecular complexity index is 897. The molecule has 3 N–H and O–H groups in total. The molecule has 8 heteroatoms. The van der Waals surface area contributed by atoms with E-state index >= 15 is 0 Å². The van der Waals surface area contributed by atoms with Crippen LogP contribution in [0, 0.1) is 5.82 Å². The minimum absolute atomic E-state index is 0.123. The van der Waals surface area contributed by atoms with Gasteiger partial charge in [0, 0.05) is 17.0 Å². The van der Waals surface area contributed by atoms with Crippen molar-refractivity contribution in [1.29, 1.82) is 0 Å². The number of carbonyl (C=O) groups excluding carboxylic acids is 1. The van der Waals surface area contributed by atoms with E-state index in [2.05, 4.69) is 9.97 Å². The lowest BCUT2D eigenvalue weighted by Crippen LogP contribution is -2.18. The van der Waals surface area contributed by atoms with Crippen LogP contribution in [0.2, 0.25) is 5.02 Å². The van der Waals surface area contributed by atoms with Gasteiger partial charge in [-0.15, -0.1) is 0 Å². The smallest absolute Gasteiger partial charge is 0.274 e. The minimum atomic E-state index is -0.602. The van der Waals surface area contributed by atoms with Crippen LogP contribution in [-0.4, -0.2) is 27.7 Å². The maximum Gasteiger partial charge on any atom is 0.274 e.